The van der Waals surface area contributed by atoms with Crippen LogP contribution in [0.1, 0.15) is 17.0 Å². The number of hydrogen-bond donors (Lipinski definition) is 0. The summed E-state index contributed by atoms with van der Waals surface area (Å²) < 4.78 is 11.9. The highest BCUT2D eigenvalue weighted by atomic mass is 35.5. The molecule has 2 heterocycles. The van der Waals surface area contributed by atoms with E-state index in [9.17, 15) is 9.59 Å². The second-order valence-electron chi connectivity index (χ2n) is 10.9. The minimum absolute atomic E-state index is 0.0681. The van der Waals surface area contributed by atoms with Crippen LogP contribution < -0.4 is 0 Å². The van der Waals surface area contributed by atoms with Crippen molar-refractivity contribution < 1.29 is 19.1 Å². The van der Waals surface area contributed by atoms with E-state index in [1.165, 1.54) is 19.1 Å². The molecule has 2 bridgehead atoms. The lowest BCUT2D eigenvalue weighted by atomic mass is 9.80. The Morgan fingerprint density at radius 2 is 1.17 bits per heavy atom. The molecule has 1 saturated heterocycles. The maximum atomic E-state index is 14.4. The number of nitrogens with zero attached hydrogens (tertiary/aromatic N) is 3. The van der Waals surface area contributed by atoms with E-state index in [-0.39, 0.29) is 6.54 Å². The number of imide groups is 1. The third kappa shape index (κ3) is 2.74. The van der Waals surface area contributed by atoms with Gasteiger partial charge in [-0.15, -0.1) is 23.2 Å². The van der Waals surface area contributed by atoms with Crippen LogP contribution in [0.2, 0.25) is 0 Å². The van der Waals surface area contributed by atoms with Gasteiger partial charge in [-0.3, -0.25) is 14.5 Å². The summed E-state index contributed by atoms with van der Waals surface area (Å²) in [6, 6.07) is 25.4. The Morgan fingerprint density at radius 3 is 1.63 bits per heavy atom. The third-order valence-electron chi connectivity index (χ3n) is 9.25. The smallest absolute Gasteiger partial charge is 0.235 e. The van der Waals surface area contributed by atoms with Crippen molar-refractivity contribution in [1.82, 2.24) is 14.9 Å². The zero-order valence-corrected chi connectivity index (χ0v) is 23.6. The van der Waals surface area contributed by atoms with Gasteiger partial charge in [0.15, 0.2) is 9.75 Å². The molecule has 0 spiro atoms. The number of benzene rings is 4. The predicted octanol–water partition coefficient (Wildman–Crippen LogP) is 5.62. The van der Waals surface area contributed by atoms with Crippen molar-refractivity contribution in [3.63, 3.8) is 0 Å². The SMILES string of the molecule is COC1(OC)[C@@]2(Cl)c3nc4ccccc4nc3[C@]1(Cl)[C@@H]1C(=O)N(Cc3c4ccccc4cc4ccccc34)C(=O)[C@@H]12. The van der Waals surface area contributed by atoms with Gasteiger partial charge < -0.3 is 9.47 Å². The minimum Gasteiger partial charge on any atom is -0.349 e. The Labute approximate surface area is 245 Å². The largest absolute Gasteiger partial charge is 0.349 e. The molecule has 1 saturated carbocycles. The van der Waals surface area contributed by atoms with Crippen molar-refractivity contribution in [2.75, 3.05) is 14.2 Å². The van der Waals surface area contributed by atoms with Crippen LogP contribution in [0.25, 0.3) is 32.6 Å². The molecule has 2 fully saturated rings. The first kappa shape index (κ1) is 25.1. The standard InChI is InChI=1S/C32H23Cl2N3O4/c1-40-32(41-2)30(33)24-25(31(32,34)27-26(30)35-22-13-7-8-14-23(22)36-27)29(39)37(28(24)38)16-21-19-11-5-3-9-17(19)15-18-10-4-6-12-20(18)21/h3-15,24-25H,16H2,1-2H3/t24-,25+,30+,31-. The van der Waals surface area contributed by atoms with E-state index in [1.54, 1.807) is 0 Å². The molecule has 41 heavy (non-hydrogen) atoms. The van der Waals surface area contributed by atoms with Crippen LogP contribution in [0.15, 0.2) is 78.9 Å². The van der Waals surface area contributed by atoms with Crippen molar-refractivity contribution in [2.24, 2.45) is 11.8 Å². The molecule has 1 aliphatic heterocycles. The Morgan fingerprint density at radius 1 is 0.732 bits per heavy atom. The van der Waals surface area contributed by atoms with E-state index in [4.69, 9.17) is 42.6 Å². The summed E-state index contributed by atoms with van der Waals surface area (Å²) in [6.07, 6.45) is 0. The first-order chi connectivity index (χ1) is 19.8. The van der Waals surface area contributed by atoms with Gasteiger partial charge in [-0.25, -0.2) is 9.97 Å². The molecule has 2 amide bonds. The number of ether oxygens (including phenoxy) is 2. The number of fused-ring (bicyclic) bond motifs is 11. The average molecular weight is 584 g/mol. The van der Waals surface area contributed by atoms with E-state index in [2.05, 4.69) is 6.07 Å². The maximum absolute atomic E-state index is 14.4. The summed E-state index contributed by atoms with van der Waals surface area (Å²) in [5.74, 6) is -4.78. The fraction of sp³-hybridized carbons (Fsp3) is 0.250. The number of alkyl halides is 2. The summed E-state index contributed by atoms with van der Waals surface area (Å²) in [7, 11) is 2.83. The zero-order chi connectivity index (χ0) is 28.3. The number of carbonyl (C=O) groups is 2. The van der Waals surface area contributed by atoms with Crippen molar-refractivity contribution >= 4 is 67.6 Å². The van der Waals surface area contributed by atoms with Crippen molar-refractivity contribution in [3.8, 4) is 0 Å². The number of likely N-dealkylation sites (tertiary alicyclic amines) is 1. The van der Waals surface area contributed by atoms with E-state index in [0.29, 0.717) is 22.4 Å². The van der Waals surface area contributed by atoms with Crippen molar-refractivity contribution in [3.05, 3.63) is 95.8 Å². The highest BCUT2D eigenvalue weighted by Crippen LogP contribution is 2.76. The van der Waals surface area contributed by atoms with Gasteiger partial charge in [0.25, 0.3) is 0 Å². The zero-order valence-electron chi connectivity index (χ0n) is 22.1. The molecule has 0 radical (unpaired) electrons. The van der Waals surface area contributed by atoms with Gasteiger partial charge in [-0.05, 0) is 45.3 Å². The normalized spacial score (nSPS) is 27.8. The van der Waals surface area contributed by atoms with Crippen LogP contribution in [0.5, 0.6) is 0 Å². The van der Waals surface area contributed by atoms with Crippen LogP contribution in [0, 0.1) is 11.8 Å². The lowest BCUT2D eigenvalue weighted by Crippen LogP contribution is -2.56. The monoisotopic (exact) mass is 583 g/mol. The van der Waals surface area contributed by atoms with E-state index < -0.39 is 39.2 Å². The second-order valence-corrected chi connectivity index (χ2v) is 12.1. The van der Waals surface area contributed by atoms with Gasteiger partial charge in [0.1, 0.15) is 0 Å². The molecule has 8 rings (SSSR count). The number of halogens is 2. The van der Waals surface area contributed by atoms with Crippen LogP contribution >= 0.6 is 23.2 Å². The molecule has 204 valence electrons. The lowest BCUT2D eigenvalue weighted by molar-refractivity contribution is -0.239. The number of methoxy groups -OCH3 is 2. The minimum atomic E-state index is -1.76. The molecule has 3 aliphatic rings. The highest BCUT2D eigenvalue weighted by Gasteiger charge is 2.90. The Bertz CT molecular complexity index is 1850. The number of carbonyl (C=O) groups excluding carboxylic acids is 2. The summed E-state index contributed by atoms with van der Waals surface area (Å²) in [5.41, 5.74) is 2.66. The number of para-hydroxylation sites is 2. The van der Waals surface area contributed by atoms with Crippen LogP contribution in [-0.2, 0) is 35.4 Å². The van der Waals surface area contributed by atoms with E-state index in [1.807, 2.05) is 72.8 Å². The molecule has 7 nitrogen and oxygen atoms in total. The van der Waals surface area contributed by atoms with Gasteiger partial charge in [-0.1, -0.05) is 60.7 Å². The molecular formula is C32H23Cl2N3O4. The number of amides is 2. The summed E-state index contributed by atoms with van der Waals surface area (Å²) in [6.45, 7) is 0.0681. The van der Waals surface area contributed by atoms with Gasteiger partial charge in [-0.2, -0.15) is 0 Å². The van der Waals surface area contributed by atoms with Gasteiger partial charge in [0.05, 0.1) is 40.8 Å². The molecule has 2 aliphatic carbocycles. The molecular weight excluding hydrogens is 561 g/mol. The fourth-order valence-corrected chi connectivity index (χ4v) is 8.94. The predicted molar refractivity (Wildman–Crippen MR) is 155 cm³/mol. The Balaban J connectivity index is 1.33. The quantitative estimate of drug-likeness (QED) is 0.118. The van der Waals surface area contributed by atoms with Gasteiger partial charge in [0.2, 0.25) is 17.6 Å². The fourth-order valence-electron chi connectivity index (χ4n) is 7.59. The van der Waals surface area contributed by atoms with E-state index in [0.717, 1.165) is 27.1 Å². The first-order valence-corrected chi connectivity index (χ1v) is 14.1. The van der Waals surface area contributed by atoms with Gasteiger partial charge in [0, 0.05) is 14.2 Å². The molecule has 0 unspecified atom stereocenters. The first-order valence-electron chi connectivity index (χ1n) is 13.3. The molecule has 4 atom stereocenters. The van der Waals surface area contributed by atoms with Crippen molar-refractivity contribution in [1.29, 1.82) is 0 Å². The number of rotatable bonds is 4. The van der Waals surface area contributed by atoms with Crippen molar-refractivity contribution in [2.45, 2.75) is 22.1 Å². The summed E-state index contributed by atoms with van der Waals surface area (Å²) >= 11 is 15.0. The number of aromatic nitrogens is 2. The van der Waals surface area contributed by atoms with Crippen LogP contribution in [-0.4, -0.2) is 46.7 Å². The van der Waals surface area contributed by atoms with Crippen LogP contribution in [0.4, 0.5) is 0 Å². The number of hydrogen-bond acceptors (Lipinski definition) is 6. The Hall–Kier alpha value is -3.62. The molecule has 1 aromatic heterocycles. The van der Waals surface area contributed by atoms with Gasteiger partial charge >= 0.3 is 0 Å². The molecule has 4 aromatic carbocycles. The third-order valence-corrected chi connectivity index (χ3v) is 10.6. The highest BCUT2D eigenvalue weighted by molar-refractivity contribution is 6.36. The average Bonchev–Trinajstić information content (AvgIpc) is 3.43. The lowest BCUT2D eigenvalue weighted by Gasteiger charge is -2.41. The van der Waals surface area contributed by atoms with Crippen LogP contribution in [0.3, 0.4) is 0 Å². The topological polar surface area (TPSA) is 81.6 Å². The van der Waals surface area contributed by atoms with E-state index >= 15 is 0 Å². The maximum Gasteiger partial charge on any atom is 0.235 e. The molecule has 9 heteroatoms. The Kier molecular flexibility index (Phi) is 5.04. The molecule has 0 N–H and O–H groups in total. The summed E-state index contributed by atoms with van der Waals surface area (Å²) in [4.78, 5) is 36.4. The molecule has 5 aromatic rings. The second kappa shape index (κ2) is 8.23. The summed E-state index contributed by atoms with van der Waals surface area (Å²) in [5, 5.41) is 3.98.